The zero-order valence-corrected chi connectivity index (χ0v) is 12.2. The number of carbonyl (C=O) groups excluding carboxylic acids is 1. The van der Waals surface area contributed by atoms with Crippen molar-refractivity contribution < 1.29 is 22.7 Å². The van der Waals surface area contributed by atoms with Crippen molar-refractivity contribution >= 4 is 21.8 Å². The summed E-state index contributed by atoms with van der Waals surface area (Å²) in [5.41, 5.74) is 0. The lowest BCUT2D eigenvalue weighted by Crippen LogP contribution is -2.32. The number of ether oxygens (including phenoxy) is 1. The molecule has 0 spiro atoms. The van der Waals surface area contributed by atoms with Crippen molar-refractivity contribution in [2.45, 2.75) is 31.9 Å². The van der Waals surface area contributed by atoms with E-state index < -0.39 is 12.8 Å². The highest BCUT2D eigenvalue weighted by Gasteiger charge is 2.28. The molecule has 1 rings (SSSR count). The van der Waals surface area contributed by atoms with E-state index in [0.29, 0.717) is 18.4 Å². The maximum atomic E-state index is 11.8. The minimum absolute atomic E-state index is 0.0260. The summed E-state index contributed by atoms with van der Waals surface area (Å²) < 4.78 is 39.7. The van der Waals surface area contributed by atoms with E-state index in [2.05, 4.69) is 26.0 Å². The Labute approximate surface area is 119 Å². The summed E-state index contributed by atoms with van der Waals surface area (Å²) in [5.74, 6) is 0.809. The number of hydrogen-bond donors (Lipinski definition) is 1. The molecule has 0 heterocycles. The molecule has 1 saturated carbocycles. The molecule has 112 valence electrons. The standard InChI is InChI=1S/C12H19BrF3NO2/c13-6-9-2-1-3-10(9)7-17-11(18)4-5-19-8-12(14,15)16/h9-10H,1-8H2,(H,17,18). The molecule has 0 radical (unpaired) electrons. The molecule has 0 bridgehead atoms. The van der Waals surface area contributed by atoms with Crippen molar-refractivity contribution in [1.29, 1.82) is 0 Å². The van der Waals surface area contributed by atoms with Crippen LogP contribution in [0.25, 0.3) is 0 Å². The summed E-state index contributed by atoms with van der Waals surface area (Å²) in [6.07, 6.45) is -0.918. The average molecular weight is 346 g/mol. The van der Waals surface area contributed by atoms with Gasteiger partial charge in [-0.3, -0.25) is 4.79 Å². The van der Waals surface area contributed by atoms with Gasteiger partial charge in [-0.15, -0.1) is 0 Å². The van der Waals surface area contributed by atoms with Crippen LogP contribution in [-0.4, -0.2) is 37.2 Å². The van der Waals surface area contributed by atoms with Crippen LogP contribution in [0.4, 0.5) is 13.2 Å². The van der Waals surface area contributed by atoms with Crippen molar-refractivity contribution in [2.75, 3.05) is 25.1 Å². The van der Waals surface area contributed by atoms with Crippen LogP contribution in [0, 0.1) is 11.8 Å². The molecule has 0 aromatic heterocycles. The van der Waals surface area contributed by atoms with E-state index in [-0.39, 0.29) is 18.9 Å². The zero-order chi connectivity index (χ0) is 14.3. The SMILES string of the molecule is O=C(CCOCC(F)(F)F)NCC1CCCC1CBr. The topological polar surface area (TPSA) is 38.3 Å². The van der Waals surface area contributed by atoms with Crippen molar-refractivity contribution in [3.63, 3.8) is 0 Å². The Hall–Kier alpha value is -0.300. The van der Waals surface area contributed by atoms with Crippen LogP contribution >= 0.6 is 15.9 Å². The summed E-state index contributed by atoms with van der Waals surface area (Å²) in [6.45, 7) is -0.888. The Bertz CT molecular complexity index is 287. The highest BCUT2D eigenvalue weighted by Crippen LogP contribution is 2.32. The van der Waals surface area contributed by atoms with Crippen molar-refractivity contribution in [3.05, 3.63) is 0 Å². The number of hydrogen-bond acceptors (Lipinski definition) is 2. The van der Waals surface area contributed by atoms with Crippen molar-refractivity contribution in [2.24, 2.45) is 11.8 Å². The van der Waals surface area contributed by atoms with Crippen molar-refractivity contribution in [3.8, 4) is 0 Å². The predicted octanol–water partition coefficient (Wildman–Crippen LogP) is 2.88. The molecule has 1 N–H and O–H groups in total. The summed E-state index contributed by atoms with van der Waals surface area (Å²) in [6, 6.07) is 0. The molecule has 1 fully saturated rings. The highest BCUT2D eigenvalue weighted by atomic mass is 79.9. The third-order valence-electron chi connectivity index (χ3n) is 3.32. The Kier molecular flexibility index (Phi) is 7.13. The molecular weight excluding hydrogens is 327 g/mol. The minimum atomic E-state index is -4.33. The Morgan fingerprint density at radius 2 is 2.00 bits per heavy atom. The van der Waals surface area contributed by atoms with Gasteiger partial charge in [-0.05, 0) is 24.7 Å². The summed E-state index contributed by atoms with van der Waals surface area (Å²) in [7, 11) is 0. The molecular formula is C12H19BrF3NO2. The summed E-state index contributed by atoms with van der Waals surface area (Å²) in [5, 5.41) is 3.70. The first-order valence-corrected chi connectivity index (χ1v) is 7.51. The lowest BCUT2D eigenvalue weighted by molar-refractivity contribution is -0.174. The fraction of sp³-hybridized carbons (Fsp3) is 0.917. The van der Waals surface area contributed by atoms with Gasteiger partial charge in [-0.1, -0.05) is 22.4 Å². The largest absolute Gasteiger partial charge is 0.411 e. The van der Waals surface area contributed by atoms with Crippen molar-refractivity contribution in [1.82, 2.24) is 5.32 Å². The Balaban J connectivity index is 2.08. The third kappa shape index (κ3) is 7.15. The van der Waals surface area contributed by atoms with Gasteiger partial charge in [-0.25, -0.2) is 0 Å². The first-order chi connectivity index (χ1) is 8.92. The molecule has 1 aliphatic carbocycles. The Morgan fingerprint density at radius 3 is 2.63 bits per heavy atom. The molecule has 7 heteroatoms. The third-order valence-corrected chi connectivity index (χ3v) is 4.15. The number of carbonyl (C=O) groups is 1. The monoisotopic (exact) mass is 345 g/mol. The van der Waals surface area contributed by atoms with E-state index in [1.165, 1.54) is 12.8 Å². The van der Waals surface area contributed by atoms with Gasteiger partial charge in [0.2, 0.25) is 5.91 Å². The molecule has 2 unspecified atom stereocenters. The van der Waals surface area contributed by atoms with E-state index in [1.807, 2.05) is 0 Å². The molecule has 19 heavy (non-hydrogen) atoms. The number of alkyl halides is 4. The van der Waals surface area contributed by atoms with Gasteiger partial charge in [0.05, 0.1) is 6.61 Å². The summed E-state index contributed by atoms with van der Waals surface area (Å²) in [4.78, 5) is 11.4. The van der Waals surface area contributed by atoms with Crippen LogP contribution in [-0.2, 0) is 9.53 Å². The van der Waals surface area contributed by atoms with Gasteiger partial charge < -0.3 is 10.1 Å². The van der Waals surface area contributed by atoms with Crippen LogP contribution in [0.15, 0.2) is 0 Å². The average Bonchev–Trinajstić information content (AvgIpc) is 2.78. The minimum Gasteiger partial charge on any atom is -0.372 e. The molecule has 1 aliphatic rings. The number of nitrogens with one attached hydrogen (secondary N) is 1. The second-order valence-corrected chi connectivity index (χ2v) is 5.47. The number of amides is 1. The molecule has 0 saturated heterocycles. The van der Waals surface area contributed by atoms with E-state index in [1.54, 1.807) is 0 Å². The van der Waals surface area contributed by atoms with Crippen LogP contribution in [0.3, 0.4) is 0 Å². The molecule has 3 nitrogen and oxygen atoms in total. The maximum Gasteiger partial charge on any atom is 0.411 e. The fourth-order valence-corrected chi connectivity index (χ4v) is 3.12. The van der Waals surface area contributed by atoms with E-state index in [9.17, 15) is 18.0 Å². The second-order valence-electron chi connectivity index (χ2n) is 4.83. The van der Waals surface area contributed by atoms with Gasteiger partial charge >= 0.3 is 6.18 Å². The van der Waals surface area contributed by atoms with E-state index in [4.69, 9.17) is 0 Å². The smallest absolute Gasteiger partial charge is 0.372 e. The number of rotatable bonds is 7. The first kappa shape index (κ1) is 16.8. The predicted molar refractivity (Wildman–Crippen MR) is 69.1 cm³/mol. The van der Waals surface area contributed by atoms with Gasteiger partial charge in [0.1, 0.15) is 6.61 Å². The highest BCUT2D eigenvalue weighted by molar-refractivity contribution is 9.09. The molecule has 2 atom stereocenters. The quantitative estimate of drug-likeness (QED) is 0.569. The van der Waals surface area contributed by atoms with E-state index in [0.717, 1.165) is 11.8 Å². The van der Waals surface area contributed by atoms with Gasteiger partial charge in [0.15, 0.2) is 0 Å². The van der Waals surface area contributed by atoms with Crippen LogP contribution in [0.2, 0.25) is 0 Å². The molecule has 0 aromatic rings. The lowest BCUT2D eigenvalue weighted by atomic mass is 9.98. The number of halogens is 4. The fourth-order valence-electron chi connectivity index (χ4n) is 2.27. The van der Waals surface area contributed by atoms with Crippen LogP contribution in [0.1, 0.15) is 25.7 Å². The molecule has 1 amide bonds. The van der Waals surface area contributed by atoms with Crippen LogP contribution in [0.5, 0.6) is 0 Å². The maximum absolute atomic E-state index is 11.8. The normalized spacial score (nSPS) is 23.6. The second kappa shape index (κ2) is 8.09. The zero-order valence-electron chi connectivity index (χ0n) is 10.6. The van der Waals surface area contributed by atoms with E-state index >= 15 is 0 Å². The van der Waals surface area contributed by atoms with Crippen LogP contribution < -0.4 is 5.32 Å². The van der Waals surface area contributed by atoms with Gasteiger partial charge in [0, 0.05) is 18.3 Å². The lowest BCUT2D eigenvalue weighted by Gasteiger charge is -2.17. The van der Waals surface area contributed by atoms with Gasteiger partial charge in [0.25, 0.3) is 0 Å². The Morgan fingerprint density at radius 1 is 1.32 bits per heavy atom. The van der Waals surface area contributed by atoms with Gasteiger partial charge in [-0.2, -0.15) is 13.2 Å². The first-order valence-electron chi connectivity index (χ1n) is 6.39. The molecule has 0 aliphatic heterocycles. The molecule has 0 aromatic carbocycles. The summed E-state index contributed by atoms with van der Waals surface area (Å²) >= 11 is 3.45.